The highest BCUT2D eigenvalue weighted by Crippen LogP contribution is 2.29. The van der Waals surface area contributed by atoms with E-state index in [0.29, 0.717) is 12.4 Å². The Morgan fingerprint density at radius 1 is 1.20 bits per heavy atom. The number of carbonyl (C=O) groups is 1. The molecule has 0 saturated carbocycles. The van der Waals surface area contributed by atoms with E-state index in [-0.39, 0.29) is 12.6 Å². The Morgan fingerprint density at radius 2 is 1.95 bits per heavy atom. The standard InChI is InChI=1S/C16H19NO3/c1-5-19-15(18)9-20-14-8-12(4)17-13-7-10(2)6-11(3)16(13)14/h6-8H,5,9H2,1-4H3. The molecule has 1 aromatic heterocycles. The van der Waals surface area contributed by atoms with E-state index in [1.807, 2.05) is 32.9 Å². The van der Waals surface area contributed by atoms with Crippen LogP contribution in [0.5, 0.6) is 5.75 Å². The van der Waals surface area contributed by atoms with Gasteiger partial charge in [0.25, 0.3) is 0 Å². The van der Waals surface area contributed by atoms with E-state index in [4.69, 9.17) is 9.47 Å². The average Bonchev–Trinajstić information content (AvgIpc) is 2.35. The van der Waals surface area contributed by atoms with Gasteiger partial charge in [-0.3, -0.25) is 4.98 Å². The van der Waals surface area contributed by atoms with Crippen molar-refractivity contribution in [1.29, 1.82) is 0 Å². The number of hydrogen-bond donors (Lipinski definition) is 0. The van der Waals surface area contributed by atoms with Gasteiger partial charge in [-0.25, -0.2) is 4.79 Å². The molecule has 2 aromatic rings. The molecule has 0 aliphatic heterocycles. The molecular weight excluding hydrogens is 254 g/mol. The second kappa shape index (κ2) is 5.90. The quantitative estimate of drug-likeness (QED) is 0.803. The number of aryl methyl sites for hydroxylation is 3. The van der Waals surface area contributed by atoms with Crippen LogP contribution in [0.4, 0.5) is 0 Å². The van der Waals surface area contributed by atoms with Crippen LogP contribution in [-0.4, -0.2) is 24.2 Å². The van der Waals surface area contributed by atoms with Gasteiger partial charge in [-0.2, -0.15) is 0 Å². The van der Waals surface area contributed by atoms with Gasteiger partial charge in [0.15, 0.2) is 6.61 Å². The molecule has 20 heavy (non-hydrogen) atoms. The highest BCUT2D eigenvalue weighted by molar-refractivity contribution is 5.89. The van der Waals surface area contributed by atoms with Gasteiger partial charge in [-0.15, -0.1) is 0 Å². The molecule has 106 valence electrons. The normalized spacial score (nSPS) is 10.6. The fourth-order valence-electron chi connectivity index (χ4n) is 2.29. The number of fused-ring (bicyclic) bond motifs is 1. The number of pyridine rings is 1. The van der Waals surface area contributed by atoms with E-state index in [1.165, 1.54) is 0 Å². The summed E-state index contributed by atoms with van der Waals surface area (Å²) < 4.78 is 10.5. The molecular formula is C16H19NO3. The zero-order valence-electron chi connectivity index (χ0n) is 12.3. The molecule has 0 radical (unpaired) electrons. The van der Waals surface area contributed by atoms with Crippen LogP contribution in [0.25, 0.3) is 10.9 Å². The fourth-order valence-corrected chi connectivity index (χ4v) is 2.29. The molecule has 1 aromatic carbocycles. The van der Waals surface area contributed by atoms with Crippen molar-refractivity contribution in [2.24, 2.45) is 0 Å². The van der Waals surface area contributed by atoms with Crippen LogP contribution in [0, 0.1) is 20.8 Å². The van der Waals surface area contributed by atoms with Crippen LogP contribution in [-0.2, 0) is 9.53 Å². The van der Waals surface area contributed by atoms with Gasteiger partial charge < -0.3 is 9.47 Å². The van der Waals surface area contributed by atoms with Crippen LogP contribution in [0.1, 0.15) is 23.7 Å². The lowest BCUT2D eigenvalue weighted by molar-refractivity contribution is -0.145. The van der Waals surface area contributed by atoms with Crippen molar-refractivity contribution in [3.05, 3.63) is 35.0 Å². The number of esters is 1. The van der Waals surface area contributed by atoms with Crippen molar-refractivity contribution < 1.29 is 14.3 Å². The summed E-state index contributed by atoms with van der Waals surface area (Å²) in [6.45, 7) is 8.01. The number of nitrogens with zero attached hydrogens (tertiary/aromatic N) is 1. The number of benzene rings is 1. The van der Waals surface area contributed by atoms with Gasteiger partial charge in [0.2, 0.25) is 0 Å². The first kappa shape index (κ1) is 14.3. The van der Waals surface area contributed by atoms with Crippen LogP contribution in [0.2, 0.25) is 0 Å². The molecule has 0 amide bonds. The van der Waals surface area contributed by atoms with Gasteiger partial charge in [0, 0.05) is 17.1 Å². The van der Waals surface area contributed by atoms with Crippen LogP contribution in [0.15, 0.2) is 18.2 Å². The summed E-state index contributed by atoms with van der Waals surface area (Å²) in [5.41, 5.74) is 4.00. The number of hydrogen-bond acceptors (Lipinski definition) is 4. The van der Waals surface area contributed by atoms with Gasteiger partial charge >= 0.3 is 5.97 Å². The summed E-state index contributed by atoms with van der Waals surface area (Å²) in [6, 6.07) is 5.95. The predicted octanol–water partition coefficient (Wildman–Crippen LogP) is 3.10. The second-order valence-corrected chi connectivity index (χ2v) is 4.83. The Hall–Kier alpha value is -2.10. The first-order chi connectivity index (χ1) is 9.51. The Kier molecular flexibility index (Phi) is 4.23. The van der Waals surface area contributed by atoms with Crippen LogP contribution >= 0.6 is 0 Å². The first-order valence-electron chi connectivity index (χ1n) is 6.68. The minimum absolute atomic E-state index is 0.0836. The summed E-state index contributed by atoms with van der Waals surface area (Å²) in [4.78, 5) is 15.9. The summed E-state index contributed by atoms with van der Waals surface area (Å²) in [7, 11) is 0. The number of carbonyl (C=O) groups excluding carboxylic acids is 1. The van der Waals surface area contributed by atoms with Gasteiger partial charge in [0.05, 0.1) is 12.1 Å². The zero-order valence-corrected chi connectivity index (χ0v) is 12.3. The van der Waals surface area contributed by atoms with Gasteiger partial charge in [0.1, 0.15) is 5.75 Å². The maximum Gasteiger partial charge on any atom is 0.344 e. The van der Waals surface area contributed by atoms with Crippen molar-refractivity contribution in [3.63, 3.8) is 0 Å². The lowest BCUT2D eigenvalue weighted by Crippen LogP contribution is -2.15. The van der Waals surface area contributed by atoms with Gasteiger partial charge in [-0.05, 0) is 44.9 Å². The van der Waals surface area contributed by atoms with E-state index >= 15 is 0 Å². The van der Waals surface area contributed by atoms with Crippen molar-refractivity contribution in [2.75, 3.05) is 13.2 Å². The monoisotopic (exact) mass is 273 g/mol. The molecule has 0 aliphatic rings. The average molecular weight is 273 g/mol. The SMILES string of the molecule is CCOC(=O)COc1cc(C)nc2cc(C)cc(C)c12. The minimum atomic E-state index is -0.361. The molecule has 0 spiro atoms. The summed E-state index contributed by atoms with van der Waals surface area (Å²) in [6.07, 6.45) is 0. The molecule has 0 saturated heterocycles. The van der Waals surface area contributed by atoms with E-state index in [2.05, 4.69) is 11.1 Å². The maximum atomic E-state index is 11.4. The maximum absolute atomic E-state index is 11.4. The largest absolute Gasteiger partial charge is 0.481 e. The number of aromatic nitrogens is 1. The third kappa shape index (κ3) is 3.07. The third-order valence-electron chi connectivity index (χ3n) is 2.99. The predicted molar refractivity (Wildman–Crippen MR) is 78.1 cm³/mol. The Bertz CT molecular complexity index is 644. The van der Waals surface area contributed by atoms with Crippen molar-refractivity contribution in [2.45, 2.75) is 27.7 Å². The van der Waals surface area contributed by atoms with Crippen molar-refractivity contribution in [1.82, 2.24) is 4.98 Å². The van der Waals surface area contributed by atoms with E-state index in [1.54, 1.807) is 6.92 Å². The molecule has 2 rings (SSSR count). The lowest BCUT2D eigenvalue weighted by atomic mass is 10.0. The fraction of sp³-hybridized carbons (Fsp3) is 0.375. The second-order valence-electron chi connectivity index (χ2n) is 4.83. The summed E-state index contributed by atoms with van der Waals surface area (Å²) in [5.74, 6) is 0.318. The molecule has 1 heterocycles. The number of ether oxygens (including phenoxy) is 2. The number of rotatable bonds is 4. The van der Waals surface area contributed by atoms with E-state index in [9.17, 15) is 4.79 Å². The zero-order chi connectivity index (χ0) is 14.7. The molecule has 4 nitrogen and oxygen atoms in total. The van der Waals surface area contributed by atoms with Crippen molar-refractivity contribution in [3.8, 4) is 5.75 Å². The Balaban J connectivity index is 2.39. The first-order valence-corrected chi connectivity index (χ1v) is 6.68. The lowest BCUT2D eigenvalue weighted by Gasteiger charge is -2.12. The Morgan fingerprint density at radius 3 is 2.65 bits per heavy atom. The van der Waals surface area contributed by atoms with Gasteiger partial charge in [-0.1, -0.05) is 6.07 Å². The molecule has 0 aliphatic carbocycles. The Labute approximate surface area is 118 Å². The summed E-state index contributed by atoms with van der Waals surface area (Å²) >= 11 is 0. The van der Waals surface area contributed by atoms with E-state index < -0.39 is 0 Å². The topological polar surface area (TPSA) is 48.4 Å². The highest BCUT2D eigenvalue weighted by Gasteiger charge is 2.11. The molecule has 0 unspecified atom stereocenters. The highest BCUT2D eigenvalue weighted by atomic mass is 16.6. The third-order valence-corrected chi connectivity index (χ3v) is 2.99. The molecule has 4 heteroatoms. The summed E-state index contributed by atoms with van der Waals surface area (Å²) in [5, 5.41) is 0.950. The molecule has 0 bridgehead atoms. The van der Waals surface area contributed by atoms with Crippen molar-refractivity contribution >= 4 is 16.9 Å². The molecule has 0 fully saturated rings. The van der Waals surface area contributed by atoms with Crippen LogP contribution < -0.4 is 4.74 Å². The minimum Gasteiger partial charge on any atom is -0.481 e. The van der Waals surface area contributed by atoms with Crippen LogP contribution in [0.3, 0.4) is 0 Å². The molecule has 0 atom stereocenters. The van der Waals surface area contributed by atoms with E-state index in [0.717, 1.165) is 27.7 Å². The molecule has 0 N–H and O–H groups in total. The smallest absolute Gasteiger partial charge is 0.344 e.